The lowest BCUT2D eigenvalue weighted by Crippen LogP contribution is -2.34. The van der Waals surface area contributed by atoms with Gasteiger partial charge in [0.15, 0.2) is 11.8 Å². The Balaban J connectivity index is 2.18. The van der Waals surface area contributed by atoms with E-state index >= 15 is 0 Å². The number of nitrogens with zero attached hydrogens (tertiary/aromatic N) is 1. The van der Waals surface area contributed by atoms with Crippen molar-refractivity contribution in [2.45, 2.75) is 25.0 Å². The van der Waals surface area contributed by atoms with E-state index < -0.39 is 5.97 Å². The van der Waals surface area contributed by atoms with Crippen molar-refractivity contribution >= 4 is 11.7 Å². The molecule has 2 aliphatic rings. The van der Waals surface area contributed by atoms with E-state index in [9.17, 15) is 4.79 Å². The SMILES string of the molecule is N[C@@H]1CCC2C(C(=O)O)=NOC21. The summed E-state index contributed by atoms with van der Waals surface area (Å²) in [5.41, 5.74) is 5.82. The number of aliphatic carboxylic acids is 1. The molecule has 0 spiro atoms. The fourth-order valence-corrected chi connectivity index (χ4v) is 1.83. The molecule has 0 bridgehead atoms. The molecule has 0 aromatic rings. The first-order valence-electron chi connectivity index (χ1n) is 3.92. The van der Waals surface area contributed by atoms with E-state index in [1.54, 1.807) is 0 Å². The smallest absolute Gasteiger partial charge is 0.354 e. The summed E-state index contributed by atoms with van der Waals surface area (Å²) in [4.78, 5) is 15.5. The Labute approximate surface area is 69.2 Å². The van der Waals surface area contributed by atoms with Crippen LogP contribution in [0, 0.1) is 5.92 Å². The maximum absolute atomic E-state index is 10.6. The second-order valence-electron chi connectivity index (χ2n) is 3.20. The first kappa shape index (κ1) is 7.54. The summed E-state index contributed by atoms with van der Waals surface area (Å²) >= 11 is 0. The molecule has 0 amide bonds. The number of hydrogen-bond donors (Lipinski definition) is 2. The third-order valence-electron chi connectivity index (χ3n) is 2.47. The summed E-state index contributed by atoms with van der Waals surface area (Å²) < 4.78 is 0. The van der Waals surface area contributed by atoms with Crippen molar-refractivity contribution in [3.8, 4) is 0 Å². The molecule has 0 radical (unpaired) electrons. The third kappa shape index (κ3) is 0.896. The van der Waals surface area contributed by atoms with Crippen LogP contribution in [0.4, 0.5) is 0 Å². The minimum absolute atomic E-state index is 0.0596. The Morgan fingerprint density at radius 2 is 2.42 bits per heavy atom. The predicted molar refractivity (Wildman–Crippen MR) is 40.6 cm³/mol. The van der Waals surface area contributed by atoms with Crippen molar-refractivity contribution in [1.29, 1.82) is 0 Å². The number of hydrogen-bond acceptors (Lipinski definition) is 4. The first-order chi connectivity index (χ1) is 5.70. The third-order valence-corrected chi connectivity index (χ3v) is 2.47. The number of oxime groups is 1. The Kier molecular flexibility index (Phi) is 1.54. The minimum atomic E-state index is -0.989. The number of rotatable bonds is 1. The van der Waals surface area contributed by atoms with Crippen LogP contribution in [0.2, 0.25) is 0 Å². The van der Waals surface area contributed by atoms with Gasteiger partial charge in [-0.25, -0.2) is 4.79 Å². The Morgan fingerprint density at radius 1 is 1.67 bits per heavy atom. The highest BCUT2D eigenvalue weighted by atomic mass is 16.6. The van der Waals surface area contributed by atoms with Crippen LogP contribution in [0.5, 0.6) is 0 Å². The zero-order valence-corrected chi connectivity index (χ0v) is 6.43. The monoisotopic (exact) mass is 170 g/mol. The molecule has 2 rings (SSSR count). The van der Waals surface area contributed by atoms with Crippen LogP contribution in [-0.4, -0.2) is 28.9 Å². The number of carbonyl (C=O) groups is 1. The molecule has 0 aromatic carbocycles. The average molecular weight is 170 g/mol. The van der Waals surface area contributed by atoms with Crippen molar-refractivity contribution in [2.24, 2.45) is 16.8 Å². The summed E-state index contributed by atoms with van der Waals surface area (Å²) in [7, 11) is 0. The molecule has 1 aliphatic carbocycles. The molecule has 66 valence electrons. The molecule has 0 saturated heterocycles. The largest absolute Gasteiger partial charge is 0.477 e. The summed E-state index contributed by atoms with van der Waals surface area (Å²) in [6, 6.07) is -0.0596. The Hall–Kier alpha value is -1.10. The molecule has 3 N–H and O–H groups in total. The van der Waals surface area contributed by atoms with Crippen LogP contribution < -0.4 is 5.73 Å². The van der Waals surface area contributed by atoms with Gasteiger partial charge in [-0.15, -0.1) is 0 Å². The molecular formula is C7H10N2O3. The average Bonchev–Trinajstić information content (AvgIpc) is 2.53. The number of carboxylic acid groups (broad SMARTS) is 1. The van der Waals surface area contributed by atoms with Crippen molar-refractivity contribution < 1.29 is 14.7 Å². The second kappa shape index (κ2) is 2.45. The maximum Gasteiger partial charge on any atom is 0.354 e. The van der Waals surface area contributed by atoms with Crippen LogP contribution in [0.15, 0.2) is 5.16 Å². The van der Waals surface area contributed by atoms with E-state index in [2.05, 4.69) is 5.16 Å². The van der Waals surface area contributed by atoms with Crippen LogP contribution in [-0.2, 0) is 9.63 Å². The standard InChI is InChI=1S/C7H10N2O3/c8-4-2-1-3-5(7(10)11)9-12-6(3)4/h3-4,6H,1-2,8H2,(H,10,11)/t3?,4-,6?/m1/s1. The predicted octanol–water partition coefficient (Wildman–Crippen LogP) is -0.437. The van der Waals surface area contributed by atoms with Gasteiger partial charge in [0.25, 0.3) is 0 Å². The molecule has 12 heavy (non-hydrogen) atoms. The minimum Gasteiger partial charge on any atom is -0.477 e. The Morgan fingerprint density at radius 3 is 3.08 bits per heavy atom. The van der Waals surface area contributed by atoms with Crippen LogP contribution in [0.25, 0.3) is 0 Å². The highest BCUT2D eigenvalue weighted by Gasteiger charge is 2.45. The van der Waals surface area contributed by atoms with Gasteiger partial charge in [-0.3, -0.25) is 0 Å². The zero-order chi connectivity index (χ0) is 8.72. The number of nitrogens with two attached hydrogens (primary N) is 1. The quantitative estimate of drug-likeness (QED) is 0.558. The fraction of sp³-hybridized carbons (Fsp3) is 0.714. The summed E-state index contributed by atoms with van der Waals surface area (Å²) in [6.45, 7) is 0. The van der Waals surface area contributed by atoms with E-state index in [1.807, 2.05) is 0 Å². The molecule has 0 aromatic heterocycles. The van der Waals surface area contributed by atoms with Gasteiger partial charge in [-0.05, 0) is 12.8 Å². The summed E-state index contributed by atoms with van der Waals surface area (Å²) in [6.07, 6.45) is 1.40. The van der Waals surface area contributed by atoms with Crippen molar-refractivity contribution in [3.63, 3.8) is 0 Å². The van der Waals surface area contributed by atoms with Gasteiger partial charge in [0.1, 0.15) is 0 Å². The molecule has 1 fully saturated rings. The lowest BCUT2D eigenvalue weighted by atomic mass is 10.00. The summed E-state index contributed by atoms with van der Waals surface area (Å²) in [5, 5.41) is 12.2. The highest BCUT2D eigenvalue weighted by Crippen LogP contribution is 2.33. The van der Waals surface area contributed by atoms with Gasteiger partial charge in [0, 0.05) is 6.04 Å². The van der Waals surface area contributed by atoms with Crippen LogP contribution in [0.3, 0.4) is 0 Å². The Bertz CT molecular complexity index is 251. The van der Waals surface area contributed by atoms with E-state index in [-0.39, 0.29) is 23.8 Å². The lowest BCUT2D eigenvalue weighted by molar-refractivity contribution is -0.129. The molecule has 5 heteroatoms. The zero-order valence-electron chi connectivity index (χ0n) is 6.43. The van der Waals surface area contributed by atoms with E-state index in [0.717, 1.165) is 12.8 Å². The lowest BCUT2D eigenvalue weighted by Gasteiger charge is -2.10. The van der Waals surface area contributed by atoms with E-state index in [0.29, 0.717) is 0 Å². The number of carboxylic acids is 1. The molecule has 1 aliphatic heterocycles. The van der Waals surface area contributed by atoms with Crippen molar-refractivity contribution in [1.82, 2.24) is 0 Å². The second-order valence-corrected chi connectivity index (χ2v) is 3.20. The highest BCUT2D eigenvalue weighted by molar-refractivity contribution is 6.36. The maximum atomic E-state index is 10.6. The van der Waals surface area contributed by atoms with Gasteiger partial charge in [0.05, 0.1) is 5.92 Å². The normalized spacial score (nSPS) is 38.8. The fourth-order valence-electron chi connectivity index (χ4n) is 1.83. The van der Waals surface area contributed by atoms with Crippen LogP contribution in [0.1, 0.15) is 12.8 Å². The molecular weight excluding hydrogens is 160 g/mol. The van der Waals surface area contributed by atoms with Crippen molar-refractivity contribution in [2.75, 3.05) is 0 Å². The van der Waals surface area contributed by atoms with Crippen molar-refractivity contribution in [3.05, 3.63) is 0 Å². The van der Waals surface area contributed by atoms with Crippen LogP contribution >= 0.6 is 0 Å². The summed E-state index contributed by atoms with van der Waals surface area (Å²) in [5.74, 6) is -1.07. The molecule has 5 nitrogen and oxygen atoms in total. The first-order valence-corrected chi connectivity index (χ1v) is 3.92. The van der Waals surface area contributed by atoms with E-state index in [4.69, 9.17) is 15.7 Å². The van der Waals surface area contributed by atoms with Gasteiger partial charge >= 0.3 is 5.97 Å². The molecule has 3 atom stereocenters. The molecule has 1 saturated carbocycles. The topological polar surface area (TPSA) is 84.9 Å². The molecule has 2 unspecified atom stereocenters. The van der Waals surface area contributed by atoms with Gasteiger partial charge in [0.2, 0.25) is 0 Å². The van der Waals surface area contributed by atoms with Gasteiger partial charge < -0.3 is 15.7 Å². The van der Waals surface area contributed by atoms with Gasteiger partial charge in [-0.2, -0.15) is 0 Å². The van der Waals surface area contributed by atoms with E-state index in [1.165, 1.54) is 0 Å². The molecule has 1 heterocycles. The van der Waals surface area contributed by atoms with Gasteiger partial charge in [-0.1, -0.05) is 5.16 Å². The number of fused-ring (bicyclic) bond motifs is 1.